The summed E-state index contributed by atoms with van der Waals surface area (Å²) in [7, 11) is 1.62. The Balaban J connectivity index is 1.88. The van der Waals surface area contributed by atoms with Crippen molar-refractivity contribution in [2.24, 2.45) is 0 Å². The number of nitrogens with zero attached hydrogens (tertiary/aromatic N) is 3. The highest BCUT2D eigenvalue weighted by Gasteiger charge is 2.19. The van der Waals surface area contributed by atoms with Crippen LogP contribution in [0.4, 0.5) is 0 Å². The summed E-state index contributed by atoms with van der Waals surface area (Å²) in [6.07, 6.45) is 0. The molecule has 29 heavy (non-hydrogen) atoms. The van der Waals surface area contributed by atoms with Gasteiger partial charge < -0.3 is 9.47 Å². The van der Waals surface area contributed by atoms with Gasteiger partial charge in [0.2, 0.25) is 5.88 Å². The lowest BCUT2D eigenvalue weighted by molar-refractivity contribution is 0.405. The molecule has 0 aliphatic rings. The van der Waals surface area contributed by atoms with Crippen LogP contribution in [0.15, 0.2) is 59.8 Å². The molecule has 6 heteroatoms. The third kappa shape index (κ3) is 5.49. The Morgan fingerprint density at radius 3 is 2.48 bits per heavy atom. The number of hydrogen-bond acceptors (Lipinski definition) is 6. The van der Waals surface area contributed by atoms with Crippen LogP contribution >= 0.6 is 11.8 Å². The minimum atomic E-state index is -0.157. The van der Waals surface area contributed by atoms with Crippen LogP contribution in [-0.4, -0.2) is 17.1 Å². The number of aromatic nitrogens is 2. The number of thioether (sulfide) groups is 1. The van der Waals surface area contributed by atoms with Crippen LogP contribution in [0.2, 0.25) is 0 Å². The van der Waals surface area contributed by atoms with Gasteiger partial charge in [-0.1, -0.05) is 56.8 Å². The molecule has 0 unspecified atom stereocenters. The first kappa shape index (κ1) is 20.7. The van der Waals surface area contributed by atoms with E-state index in [-0.39, 0.29) is 5.41 Å². The van der Waals surface area contributed by atoms with Crippen molar-refractivity contribution < 1.29 is 9.47 Å². The Labute approximate surface area is 175 Å². The molecule has 0 saturated carbocycles. The number of ether oxygens (including phenoxy) is 2. The summed E-state index contributed by atoms with van der Waals surface area (Å²) >= 11 is 1.49. The highest BCUT2D eigenvalue weighted by Crippen LogP contribution is 2.31. The van der Waals surface area contributed by atoms with Crippen LogP contribution in [-0.2, 0) is 11.2 Å². The first-order valence-electron chi connectivity index (χ1n) is 9.21. The lowest BCUT2D eigenvalue weighted by atomic mass is 9.92. The SMILES string of the molecule is COc1cccc(Oc2cc(C(C)(C)C)nc(SCc3ccccc3C#N)n2)c1. The average molecular weight is 406 g/mol. The van der Waals surface area contributed by atoms with Gasteiger partial charge in [-0.25, -0.2) is 4.98 Å². The van der Waals surface area contributed by atoms with E-state index in [9.17, 15) is 5.26 Å². The standard InChI is InChI=1S/C23H23N3O2S/c1-23(2,3)20-13-21(28-19-11-7-10-18(12-19)27-4)26-22(25-20)29-15-17-9-6-5-8-16(17)14-24/h5-13H,15H2,1-4H3. The van der Waals surface area contributed by atoms with Gasteiger partial charge >= 0.3 is 0 Å². The first-order chi connectivity index (χ1) is 13.9. The number of benzene rings is 2. The van der Waals surface area contributed by atoms with E-state index in [1.165, 1.54) is 11.8 Å². The van der Waals surface area contributed by atoms with E-state index in [1.54, 1.807) is 7.11 Å². The Morgan fingerprint density at radius 1 is 1.00 bits per heavy atom. The first-order valence-corrected chi connectivity index (χ1v) is 10.2. The lowest BCUT2D eigenvalue weighted by Gasteiger charge is -2.19. The van der Waals surface area contributed by atoms with Gasteiger partial charge in [0, 0.05) is 23.3 Å². The molecule has 0 aliphatic heterocycles. The quantitative estimate of drug-likeness (QED) is 0.385. The van der Waals surface area contributed by atoms with E-state index < -0.39 is 0 Å². The van der Waals surface area contributed by atoms with Gasteiger partial charge in [0.25, 0.3) is 0 Å². The van der Waals surface area contributed by atoms with Crippen molar-refractivity contribution in [3.05, 3.63) is 71.4 Å². The fraction of sp³-hybridized carbons (Fsp3) is 0.261. The molecular weight excluding hydrogens is 382 g/mol. The largest absolute Gasteiger partial charge is 0.497 e. The van der Waals surface area contributed by atoms with E-state index in [4.69, 9.17) is 14.5 Å². The van der Waals surface area contributed by atoms with Crippen LogP contribution in [0.5, 0.6) is 17.4 Å². The molecule has 0 fully saturated rings. The fourth-order valence-electron chi connectivity index (χ4n) is 2.59. The van der Waals surface area contributed by atoms with E-state index in [1.807, 2.05) is 54.6 Å². The molecule has 0 N–H and O–H groups in total. The van der Waals surface area contributed by atoms with Gasteiger partial charge in [-0.3, -0.25) is 0 Å². The summed E-state index contributed by atoms with van der Waals surface area (Å²) in [5, 5.41) is 9.91. The summed E-state index contributed by atoms with van der Waals surface area (Å²) in [5.41, 5.74) is 2.36. The monoisotopic (exact) mass is 405 g/mol. The maximum atomic E-state index is 9.30. The number of methoxy groups -OCH3 is 1. The zero-order chi connectivity index (χ0) is 20.9. The lowest BCUT2D eigenvalue weighted by Crippen LogP contribution is -2.14. The smallest absolute Gasteiger partial charge is 0.223 e. The second kappa shape index (κ2) is 8.97. The van der Waals surface area contributed by atoms with Crippen LogP contribution in [0.25, 0.3) is 0 Å². The highest BCUT2D eigenvalue weighted by molar-refractivity contribution is 7.98. The van der Waals surface area contributed by atoms with Gasteiger partial charge in [0.05, 0.1) is 24.4 Å². The van der Waals surface area contributed by atoms with E-state index in [0.29, 0.717) is 28.1 Å². The summed E-state index contributed by atoms with van der Waals surface area (Å²) < 4.78 is 11.3. The van der Waals surface area contributed by atoms with Crippen molar-refractivity contribution in [2.45, 2.75) is 37.1 Å². The molecule has 1 heterocycles. The molecule has 0 atom stereocenters. The van der Waals surface area contributed by atoms with E-state index >= 15 is 0 Å². The summed E-state index contributed by atoms with van der Waals surface area (Å²) in [5.74, 6) is 2.45. The van der Waals surface area contributed by atoms with Crippen molar-refractivity contribution in [3.8, 4) is 23.4 Å². The molecule has 0 spiro atoms. The van der Waals surface area contributed by atoms with Crippen LogP contribution in [0.1, 0.15) is 37.6 Å². The summed E-state index contributed by atoms with van der Waals surface area (Å²) in [4.78, 5) is 9.29. The van der Waals surface area contributed by atoms with Crippen LogP contribution in [0.3, 0.4) is 0 Å². The van der Waals surface area contributed by atoms with Crippen molar-refractivity contribution in [3.63, 3.8) is 0 Å². The highest BCUT2D eigenvalue weighted by atomic mass is 32.2. The van der Waals surface area contributed by atoms with Gasteiger partial charge in [-0.05, 0) is 23.8 Å². The third-order valence-electron chi connectivity index (χ3n) is 4.21. The third-order valence-corrected chi connectivity index (χ3v) is 5.10. The predicted molar refractivity (Wildman–Crippen MR) is 115 cm³/mol. The second-order valence-electron chi connectivity index (χ2n) is 7.46. The van der Waals surface area contributed by atoms with Crippen molar-refractivity contribution in [1.82, 2.24) is 9.97 Å². The number of nitriles is 1. The maximum absolute atomic E-state index is 9.30. The molecule has 0 bridgehead atoms. The predicted octanol–water partition coefficient (Wildman–Crippen LogP) is 5.74. The molecule has 0 aliphatic carbocycles. The number of rotatable bonds is 6. The molecule has 5 nitrogen and oxygen atoms in total. The molecule has 148 valence electrons. The van der Waals surface area contributed by atoms with Gasteiger partial charge in [-0.15, -0.1) is 0 Å². The van der Waals surface area contributed by atoms with E-state index in [2.05, 4.69) is 31.8 Å². The maximum Gasteiger partial charge on any atom is 0.223 e. The molecular formula is C23H23N3O2S. The minimum absolute atomic E-state index is 0.157. The van der Waals surface area contributed by atoms with Gasteiger partial charge in [-0.2, -0.15) is 10.2 Å². The minimum Gasteiger partial charge on any atom is -0.497 e. The average Bonchev–Trinajstić information content (AvgIpc) is 2.71. The Morgan fingerprint density at radius 2 is 1.76 bits per heavy atom. The number of hydrogen-bond donors (Lipinski definition) is 0. The molecule has 3 rings (SSSR count). The van der Waals surface area contributed by atoms with Gasteiger partial charge in [0.1, 0.15) is 11.5 Å². The summed E-state index contributed by atoms with van der Waals surface area (Å²) in [6.45, 7) is 6.30. The molecule has 3 aromatic rings. The molecule has 0 radical (unpaired) electrons. The summed E-state index contributed by atoms with van der Waals surface area (Å²) in [6, 6.07) is 19.1. The Hall–Kier alpha value is -3.04. The molecule has 0 saturated heterocycles. The Bertz CT molecular complexity index is 1040. The van der Waals surface area contributed by atoms with Crippen molar-refractivity contribution in [1.29, 1.82) is 5.26 Å². The molecule has 1 aromatic heterocycles. The molecule has 2 aromatic carbocycles. The van der Waals surface area contributed by atoms with Crippen LogP contribution < -0.4 is 9.47 Å². The zero-order valence-corrected chi connectivity index (χ0v) is 17.8. The zero-order valence-electron chi connectivity index (χ0n) is 17.0. The van der Waals surface area contributed by atoms with E-state index in [0.717, 1.165) is 17.0 Å². The normalized spacial score (nSPS) is 11.0. The van der Waals surface area contributed by atoms with Crippen molar-refractivity contribution >= 4 is 11.8 Å². The topological polar surface area (TPSA) is 68.0 Å². The second-order valence-corrected chi connectivity index (χ2v) is 8.41. The molecule has 0 amide bonds. The fourth-order valence-corrected chi connectivity index (χ4v) is 3.44. The Kier molecular flexibility index (Phi) is 6.40. The van der Waals surface area contributed by atoms with Crippen molar-refractivity contribution in [2.75, 3.05) is 7.11 Å². The van der Waals surface area contributed by atoms with Gasteiger partial charge in [0.15, 0.2) is 5.16 Å². The van der Waals surface area contributed by atoms with Crippen LogP contribution in [0, 0.1) is 11.3 Å².